The Morgan fingerprint density at radius 1 is 1.26 bits per heavy atom. The minimum absolute atomic E-state index is 0.0614. The second-order valence-electron chi connectivity index (χ2n) is 8.93. The summed E-state index contributed by atoms with van der Waals surface area (Å²) in [6.07, 6.45) is 9.76. The molecule has 0 spiro atoms. The van der Waals surface area contributed by atoms with Crippen LogP contribution in [0, 0.1) is 0 Å². The molecule has 1 N–H and O–H groups in total. The number of aromatic nitrogens is 5. The fraction of sp³-hybridized carbons (Fsp3) is 0.417. The van der Waals surface area contributed by atoms with Gasteiger partial charge < -0.3 is 24.3 Å². The summed E-state index contributed by atoms with van der Waals surface area (Å²) < 4.78 is 15.5. The van der Waals surface area contributed by atoms with E-state index in [0.717, 1.165) is 54.1 Å². The summed E-state index contributed by atoms with van der Waals surface area (Å²) in [5.74, 6) is 1.00. The van der Waals surface area contributed by atoms with Gasteiger partial charge in [-0.3, -0.25) is 9.48 Å². The number of hydrogen-bond acceptors (Lipinski definition) is 8. The first-order valence-corrected chi connectivity index (χ1v) is 12.8. The molecule has 1 amide bonds. The van der Waals surface area contributed by atoms with Gasteiger partial charge in [0.05, 0.1) is 41.2 Å². The number of thiophene rings is 1. The first-order chi connectivity index (χ1) is 17.1. The first kappa shape index (κ1) is 22.1. The minimum atomic E-state index is -0.0614. The van der Waals surface area contributed by atoms with Gasteiger partial charge in [-0.15, -0.1) is 11.3 Å². The average molecular weight is 494 g/mol. The number of hydrogen-bond donors (Lipinski definition) is 1. The molecule has 0 unspecified atom stereocenters. The number of fused-ring (bicyclic) bond motifs is 1. The maximum absolute atomic E-state index is 12.9. The van der Waals surface area contributed by atoms with Gasteiger partial charge in [0.15, 0.2) is 0 Å². The topological polar surface area (TPSA) is 99.3 Å². The van der Waals surface area contributed by atoms with Crippen LogP contribution in [0.4, 0.5) is 10.9 Å². The number of anilines is 2. The smallest absolute Gasteiger partial charge is 0.254 e. The third kappa shape index (κ3) is 4.48. The number of likely N-dealkylation sites (tertiary alicyclic amines) is 1. The van der Waals surface area contributed by atoms with E-state index in [2.05, 4.69) is 10.4 Å². The number of amides is 1. The van der Waals surface area contributed by atoms with Crippen LogP contribution < -0.4 is 10.1 Å². The lowest BCUT2D eigenvalue weighted by Gasteiger charge is -2.26. The molecule has 0 aromatic carbocycles. The Morgan fingerprint density at radius 3 is 2.91 bits per heavy atom. The molecule has 35 heavy (non-hydrogen) atoms. The summed E-state index contributed by atoms with van der Waals surface area (Å²) >= 11 is 1.47. The van der Waals surface area contributed by atoms with E-state index in [9.17, 15) is 4.79 Å². The highest BCUT2D eigenvalue weighted by atomic mass is 32.1. The second kappa shape index (κ2) is 9.31. The lowest BCUT2D eigenvalue weighted by atomic mass is 10.1. The highest BCUT2D eigenvalue weighted by molar-refractivity contribution is 7.14. The Balaban J connectivity index is 1.30. The predicted octanol–water partition coefficient (Wildman–Crippen LogP) is 3.75. The monoisotopic (exact) mass is 493 g/mol. The molecule has 2 aliphatic rings. The van der Waals surface area contributed by atoms with Crippen molar-refractivity contribution < 1.29 is 14.3 Å². The zero-order valence-corrected chi connectivity index (χ0v) is 20.3. The molecule has 0 aliphatic carbocycles. The van der Waals surface area contributed by atoms with E-state index in [1.54, 1.807) is 10.9 Å². The van der Waals surface area contributed by atoms with Gasteiger partial charge in [-0.2, -0.15) is 10.1 Å². The van der Waals surface area contributed by atoms with E-state index < -0.39 is 0 Å². The van der Waals surface area contributed by atoms with Crippen molar-refractivity contribution in [1.29, 1.82) is 0 Å². The molecule has 2 saturated heterocycles. The summed E-state index contributed by atoms with van der Waals surface area (Å²) in [7, 11) is 1.88. The summed E-state index contributed by atoms with van der Waals surface area (Å²) in [6, 6.07) is 3.81. The van der Waals surface area contributed by atoms with Crippen molar-refractivity contribution >= 4 is 39.2 Å². The standard InChI is InChI=1S/C24H27N7O3S/c1-29-13-17(12-25-29)31-9-5-19-21(31)22(34-18-6-10-33-14-18)28-24(26-19)27-20-11-16(15-35-20)23(32)30-7-3-2-4-8-30/h5,9,11-13,15,18H,2-4,6-8,10,14H2,1H3,(H,26,27,28)/t18-/m0/s1. The van der Waals surface area contributed by atoms with Crippen molar-refractivity contribution in [3.05, 3.63) is 41.7 Å². The largest absolute Gasteiger partial charge is 0.470 e. The average Bonchev–Trinajstić information content (AvgIpc) is 3.67. The fourth-order valence-corrected chi connectivity index (χ4v) is 5.33. The quantitative estimate of drug-likeness (QED) is 0.437. The van der Waals surface area contributed by atoms with Crippen LogP contribution in [0.15, 0.2) is 36.1 Å². The van der Waals surface area contributed by atoms with Crippen LogP contribution in [0.3, 0.4) is 0 Å². The Hall–Kier alpha value is -3.44. The van der Waals surface area contributed by atoms with Gasteiger partial charge in [0.1, 0.15) is 11.6 Å². The molecular weight excluding hydrogens is 466 g/mol. The Labute approximate surface area is 206 Å². The van der Waals surface area contributed by atoms with Crippen LogP contribution >= 0.6 is 11.3 Å². The van der Waals surface area contributed by atoms with Crippen molar-refractivity contribution in [2.45, 2.75) is 31.8 Å². The molecule has 182 valence electrons. The highest BCUT2D eigenvalue weighted by Gasteiger charge is 2.23. The molecule has 0 saturated carbocycles. The maximum atomic E-state index is 12.9. The van der Waals surface area contributed by atoms with Crippen molar-refractivity contribution in [3.8, 4) is 11.6 Å². The predicted molar refractivity (Wildman–Crippen MR) is 133 cm³/mol. The molecule has 4 aromatic heterocycles. The van der Waals surface area contributed by atoms with E-state index in [0.29, 0.717) is 30.6 Å². The molecule has 0 bridgehead atoms. The summed E-state index contributed by atoms with van der Waals surface area (Å²) in [5.41, 5.74) is 3.13. The van der Waals surface area contributed by atoms with Gasteiger partial charge in [0, 0.05) is 44.3 Å². The molecule has 11 heteroatoms. The Bertz CT molecular complexity index is 1350. The van der Waals surface area contributed by atoms with Gasteiger partial charge in [-0.05, 0) is 31.4 Å². The number of ether oxygens (including phenoxy) is 2. The lowest BCUT2D eigenvalue weighted by molar-refractivity contribution is 0.0725. The minimum Gasteiger partial charge on any atom is -0.470 e. The molecule has 1 atom stereocenters. The number of carbonyl (C=O) groups excluding carboxylic acids is 1. The van der Waals surface area contributed by atoms with Crippen LogP contribution in [0.25, 0.3) is 16.7 Å². The number of aryl methyl sites for hydroxylation is 1. The van der Waals surface area contributed by atoms with Gasteiger partial charge in [0.25, 0.3) is 5.91 Å². The number of piperidine rings is 1. The molecule has 4 aromatic rings. The van der Waals surface area contributed by atoms with Crippen molar-refractivity contribution in [2.24, 2.45) is 7.05 Å². The van der Waals surface area contributed by atoms with Crippen LogP contribution in [0.5, 0.6) is 5.88 Å². The molecule has 0 radical (unpaired) electrons. The van der Waals surface area contributed by atoms with E-state index in [-0.39, 0.29) is 12.0 Å². The lowest BCUT2D eigenvalue weighted by Crippen LogP contribution is -2.35. The van der Waals surface area contributed by atoms with Crippen LogP contribution in [-0.4, -0.2) is 67.5 Å². The normalized spacial score (nSPS) is 18.3. The Kier molecular flexibility index (Phi) is 5.86. The van der Waals surface area contributed by atoms with Crippen molar-refractivity contribution in [2.75, 3.05) is 31.6 Å². The number of carbonyl (C=O) groups is 1. The van der Waals surface area contributed by atoms with Gasteiger partial charge in [0.2, 0.25) is 11.8 Å². The van der Waals surface area contributed by atoms with Gasteiger partial charge >= 0.3 is 0 Å². The summed E-state index contributed by atoms with van der Waals surface area (Å²) in [6.45, 7) is 2.87. The molecule has 6 rings (SSSR count). The van der Waals surface area contributed by atoms with Crippen LogP contribution in [0.2, 0.25) is 0 Å². The van der Waals surface area contributed by atoms with Crippen molar-refractivity contribution in [3.63, 3.8) is 0 Å². The third-order valence-corrected chi connectivity index (χ3v) is 7.21. The van der Waals surface area contributed by atoms with E-state index in [1.165, 1.54) is 17.8 Å². The second-order valence-corrected chi connectivity index (χ2v) is 9.84. The molecule has 2 fully saturated rings. The third-order valence-electron chi connectivity index (χ3n) is 6.36. The highest BCUT2D eigenvalue weighted by Crippen LogP contribution is 2.32. The fourth-order valence-electron chi connectivity index (χ4n) is 4.57. The number of rotatable bonds is 6. The first-order valence-electron chi connectivity index (χ1n) is 11.9. The molecule has 2 aliphatic heterocycles. The van der Waals surface area contributed by atoms with Crippen molar-refractivity contribution in [1.82, 2.24) is 29.2 Å². The molecular formula is C24H27N7O3S. The Morgan fingerprint density at radius 2 is 2.14 bits per heavy atom. The van der Waals surface area contributed by atoms with Crippen LogP contribution in [0.1, 0.15) is 36.0 Å². The summed E-state index contributed by atoms with van der Waals surface area (Å²) in [5, 5.41) is 10.3. The molecule has 6 heterocycles. The van der Waals surface area contributed by atoms with E-state index >= 15 is 0 Å². The van der Waals surface area contributed by atoms with E-state index in [4.69, 9.17) is 19.4 Å². The zero-order chi connectivity index (χ0) is 23.8. The summed E-state index contributed by atoms with van der Waals surface area (Å²) in [4.78, 5) is 24.3. The van der Waals surface area contributed by atoms with Crippen LogP contribution in [-0.2, 0) is 11.8 Å². The zero-order valence-electron chi connectivity index (χ0n) is 19.5. The number of nitrogens with one attached hydrogen (secondary N) is 1. The van der Waals surface area contributed by atoms with E-state index in [1.807, 2.05) is 46.4 Å². The SMILES string of the molecule is Cn1cc(-n2ccc3nc(Nc4cc(C(=O)N5CCCCC5)cs4)nc(O[C@H]4CCOC4)c32)cn1. The van der Waals surface area contributed by atoms with Gasteiger partial charge in [-0.1, -0.05) is 0 Å². The molecule has 10 nitrogen and oxygen atoms in total. The van der Waals surface area contributed by atoms with Gasteiger partial charge in [-0.25, -0.2) is 4.98 Å². The maximum Gasteiger partial charge on any atom is 0.254 e. The number of nitrogens with zero attached hydrogens (tertiary/aromatic N) is 6.